The van der Waals surface area contributed by atoms with Gasteiger partial charge < -0.3 is 0 Å². The average molecular weight is 709 g/mol. The highest BCUT2D eigenvalue weighted by Crippen LogP contribution is 2.43. The molecular formula is C56H36. The predicted molar refractivity (Wildman–Crippen MR) is 239 cm³/mol. The van der Waals surface area contributed by atoms with Crippen molar-refractivity contribution in [2.24, 2.45) is 0 Å². The van der Waals surface area contributed by atoms with Crippen LogP contribution in [0.15, 0.2) is 218 Å². The maximum absolute atomic E-state index is 3.45. The summed E-state index contributed by atoms with van der Waals surface area (Å²) in [6, 6.07) is 76.1. The minimum Gasteiger partial charge on any atom is -0.0622 e. The molecule has 0 nitrogen and oxygen atoms in total. The molecule has 0 heterocycles. The molecule has 0 bridgehead atoms. The Balaban J connectivity index is 0.000000148. The van der Waals surface area contributed by atoms with Gasteiger partial charge in [-0.3, -0.25) is 0 Å². The van der Waals surface area contributed by atoms with Gasteiger partial charge in [0.05, 0.1) is 0 Å². The van der Waals surface area contributed by atoms with E-state index in [1.807, 2.05) is 60.7 Å². The normalized spacial score (nSPS) is 10.6. The molecule has 0 saturated carbocycles. The second kappa shape index (κ2) is 15.8. The van der Waals surface area contributed by atoms with Crippen LogP contribution < -0.4 is 0 Å². The van der Waals surface area contributed by atoms with E-state index in [1.54, 1.807) is 0 Å². The van der Waals surface area contributed by atoms with Gasteiger partial charge in [0.25, 0.3) is 0 Å². The standard InChI is InChI=1S/C30H18.C26H18/c1-3-11-23(12-4-1)19-21-29-25-15-7-9-17-27(25)30(28-18-10-8-16-26(28)29)22-20-24-13-5-2-6-14-24;1-3-11-19(12-4-1)25-21-15-7-9-17-23(21)26(20-13-5-2-6-14-20)24-18-10-8-16-22(24)25/h1-18H;1-18H. The van der Waals surface area contributed by atoms with E-state index in [0.717, 1.165) is 43.8 Å². The molecule has 0 N–H and O–H groups in total. The van der Waals surface area contributed by atoms with Crippen LogP contribution in [0.5, 0.6) is 0 Å². The fourth-order valence-electron chi connectivity index (χ4n) is 7.67. The molecule has 260 valence electrons. The van der Waals surface area contributed by atoms with Crippen molar-refractivity contribution in [2.75, 3.05) is 0 Å². The Hall–Kier alpha value is -7.64. The fraction of sp³-hybridized carbons (Fsp3) is 0. The molecule has 0 radical (unpaired) electrons. The summed E-state index contributed by atoms with van der Waals surface area (Å²) in [5.74, 6) is 13.6. The van der Waals surface area contributed by atoms with Gasteiger partial charge in [0, 0.05) is 22.3 Å². The molecule has 0 aromatic heterocycles. The zero-order valence-corrected chi connectivity index (χ0v) is 30.8. The van der Waals surface area contributed by atoms with Gasteiger partial charge in [-0.1, -0.05) is 218 Å². The van der Waals surface area contributed by atoms with Crippen LogP contribution in [0.3, 0.4) is 0 Å². The maximum atomic E-state index is 3.45. The molecule has 10 rings (SSSR count). The Morgan fingerprint density at radius 1 is 0.196 bits per heavy atom. The first kappa shape index (κ1) is 34.1. The van der Waals surface area contributed by atoms with Gasteiger partial charge >= 0.3 is 0 Å². The van der Waals surface area contributed by atoms with Crippen molar-refractivity contribution < 1.29 is 0 Å². The van der Waals surface area contributed by atoms with E-state index in [0.29, 0.717) is 0 Å². The number of hydrogen-bond acceptors (Lipinski definition) is 0. The summed E-state index contributed by atoms with van der Waals surface area (Å²) >= 11 is 0. The van der Waals surface area contributed by atoms with Crippen LogP contribution in [0.1, 0.15) is 22.3 Å². The summed E-state index contributed by atoms with van der Waals surface area (Å²) in [5, 5.41) is 9.75. The van der Waals surface area contributed by atoms with Gasteiger partial charge in [-0.2, -0.15) is 0 Å². The molecule has 0 aliphatic carbocycles. The van der Waals surface area contributed by atoms with Crippen LogP contribution in [0.4, 0.5) is 0 Å². The molecule has 0 aliphatic rings. The van der Waals surface area contributed by atoms with E-state index in [2.05, 4.69) is 181 Å². The highest BCUT2D eigenvalue weighted by Gasteiger charge is 2.16. The average Bonchev–Trinajstić information content (AvgIpc) is 3.28. The minimum absolute atomic E-state index is 1.01. The van der Waals surface area contributed by atoms with Gasteiger partial charge in [-0.15, -0.1) is 0 Å². The lowest BCUT2D eigenvalue weighted by atomic mass is 9.86. The molecule has 0 aliphatic heterocycles. The molecule has 56 heavy (non-hydrogen) atoms. The summed E-state index contributed by atoms with van der Waals surface area (Å²) in [6.07, 6.45) is 0. The van der Waals surface area contributed by atoms with E-state index in [-0.39, 0.29) is 0 Å². The molecular weight excluding hydrogens is 673 g/mol. The largest absolute Gasteiger partial charge is 0.0622 e. The first-order chi connectivity index (χ1) is 27.8. The lowest BCUT2D eigenvalue weighted by molar-refractivity contribution is 1.64. The SMILES string of the molecule is C(#Cc1c2ccccc2c(C#Cc2ccccc2)c2ccccc12)c1ccccc1.c1ccc(-c2c3ccccc3c(-c3ccccc3)c3ccccc23)cc1. The Morgan fingerprint density at radius 3 is 0.714 bits per heavy atom. The van der Waals surface area contributed by atoms with Crippen LogP contribution in [0.2, 0.25) is 0 Å². The zero-order chi connectivity index (χ0) is 37.5. The van der Waals surface area contributed by atoms with Crippen molar-refractivity contribution in [3.05, 3.63) is 241 Å². The van der Waals surface area contributed by atoms with Gasteiger partial charge in [0.1, 0.15) is 0 Å². The second-order valence-electron chi connectivity index (χ2n) is 13.6. The van der Waals surface area contributed by atoms with Crippen LogP contribution in [0, 0.1) is 23.7 Å². The predicted octanol–water partition coefficient (Wildman–Crippen LogP) is 14.1. The van der Waals surface area contributed by atoms with Gasteiger partial charge in [-0.25, -0.2) is 0 Å². The number of hydrogen-bond donors (Lipinski definition) is 0. The second-order valence-corrected chi connectivity index (χ2v) is 13.6. The molecule has 10 aromatic rings. The monoisotopic (exact) mass is 708 g/mol. The Bertz CT molecular complexity index is 2770. The zero-order valence-electron chi connectivity index (χ0n) is 30.8. The Morgan fingerprint density at radius 2 is 0.429 bits per heavy atom. The smallest absolute Gasteiger partial charge is 0.0406 e. The summed E-state index contributed by atoms with van der Waals surface area (Å²) in [4.78, 5) is 0. The molecule has 0 amide bonds. The highest BCUT2D eigenvalue weighted by atomic mass is 14.2. The number of fused-ring (bicyclic) bond motifs is 4. The first-order valence-electron chi connectivity index (χ1n) is 19.0. The number of benzene rings is 10. The van der Waals surface area contributed by atoms with Crippen molar-refractivity contribution in [1.82, 2.24) is 0 Å². The third kappa shape index (κ3) is 6.81. The molecule has 0 saturated heterocycles. The summed E-state index contributed by atoms with van der Waals surface area (Å²) in [7, 11) is 0. The third-order valence-electron chi connectivity index (χ3n) is 10.2. The highest BCUT2D eigenvalue weighted by molar-refractivity contribution is 6.21. The molecule has 0 spiro atoms. The summed E-state index contributed by atoms with van der Waals surface area (Å²) in [6.45, 7) is 0. The van der Waals surface area contributed by atoms with E-state index >= 15 is 0 Å². The van der Waals surface area contributed by atoms with Crippen molar-refractivity contribution in [3.8, 4) is 45.9 Å². The van der Waals surface area contributed by atoms with Crippen LogP contribution in [-0.4, -0.2) is 0 Å². The maximum Gasteiger partial charge on any atom is 0.0406 e. The van der Waals surface area contributed by atoms with Crippen LogP contribution in [0.25, 0.3) is 65.3 Å². The van der Waals surface area contributed by atoms with Crippen molar-refractivity contribution in [3.63, 3.8) is 0 Å². The summed E-state index contributed by atoms with van der Waals surface area (Å²) in [5.41, 5.74) is 9.29. The number of rotatable bonds is 2. The lowest BCUT2D eigenvalue weighted by Gasteiger charge is -2.17. The van der Waals surface area contributed by atoms with Gasteiger partial charge in [-0.05, 0) is 89.6 Å². The van der Waals surface area contributed by atoms with Gasteiger partial charge in [0.15, 0.2) is 0 Å². The Labute approximate surface area is 328 Å². The van der Waals surface area contributed by atoms with Crippen molar-refractivity contribution in [1.29, 1.82) is 0 Å². The summed E-state index contributed by atoms with van der Waals surface area (Å²) < 4.78 is 0. The van der Waals surface area contributed by atoms with Crippen molar-refractivity contribution in [2.45, 2.75) is 0 Å². The molecule has 0 atom stereocenters. The molecule has 10 aromatic carbocycles. The minimum atomic E-state index is 1.01. The topological polar surface area (TPSA) is 0 Å². The quantitative estimate of drug-likeness (QED) is 0.124. The molecule has 0 unspecified atom stereocenters. The molecule has 0 heteroatoms. The third-order valence-corrected chi connectivity index (χ3v) is 10.2. The van der Waals surface area contributed by atoms with E-state index in [4.69, 9.17) is 0 Å². The van der Waals surface area contributed by atoms with E-state index in [9.17, 15) is 0 Å². The Kier molecular flexibility index (Phi) is 9.61. The van der Waals surface area contributed by atoms with Crippen LogP contribution in [-0.2, 0) is 0 Å². The van der Waals surface area contributed by atoms with Crippen molar-refractivity contribution >= 4 is 43.1 Å². The van der Waals surface area contributed by atoms with Gasteiger partial charge in [0.2, 0.25) is 0 Å². The lowest BCUT2D eigenvalue weighted by Crippen LogP contribution is -1.90. The van der Waals surface area contributed by atoms with E-state index in [1.165, 1.54) is 43.8 Å². The fourth-order valence-corrected chi connectivity index (χ4v) is 7.67. The van der Waals surface area contributed by atoms with Crippen LogP contribution >= 0.6 is 0 Å². The first-order valence-corrected chi connectivity index (χ1v) is 19.0. The molecule has 0 fully saturated rings. The van der Waals surface area contributed by atoms with E-state index < -0.39 is 0 Å².